The van der Waals surface area contributed by atoms with Crippen LogP contribution in [0.3, 0.4) is 0 Å². The van der Waals surface area contributed by atoms with E-state index < -0.39 is 0 Å². The molecule has 0 bridgehead atoms. The maximum absolute atomic E-state index is 10.3. The molecule has 0 aliphatic heterocycles. The standard InChI is InChI=1S/C15H16O/c1-10-9-13(15(2,3)4)14(16)12-8-6-5-7-11(10)12/h5-6,9,16H,1-4H3. The summed E-state index contributed by atoms with van der Waals surface area (Å²) in [4.78, 5) is 0. The SMILES string of the molecule is Cc1cc(C(C)(C)C)c(O)c2[c]cc[c]c12. The van der Waals surface area contributed by atoms with Crippen LogP contribution < -0.4 is 0 Å². The van der Waals surface area contributed by atoms with Crippen molar-refractivity contribution in [2.75, 3.05) is 0 Å². The molecule has 2 rings (SSSR count). The Bertz CT molecular complexity index is 533. The Morgan fingerprint density at radius 2 is 1.62 bits per heavy atom. The summed E-state index contributed by atoms with van der Waals surface area (Å²) >= 11 is 0. The van der Waals surface area contributed by atoms with Crippen molar-refractivity contribution in [2.45, 2.75) is 33.1 Å². The Morgan fingerprint density at radius 3 is 2.19 bits per heavy atom. The lowest BCUT2D eigenvalue weighted by Crippen LogP contribution is -2.11. The van der Waals surface area contributed by atoms with Gasteiger partial charge >= 0.3 is 0 Å². The second-order valence-corrected chi connectivity index (χ2v) is 5.21. The molecule has 16 heavy (non-hydrogen) atoms. The monoisotopic (exact) mass is 212 g/mol. The molecule has 0 aliphatic rings. The molecule has 2 aromatic carbocycles. The number of rotatable bonds is 0. The van der Waals surface area contributed by atoms with Crippen molar-refractivity contribution < 1.29 is 5.11 Å². The zero-order chi connectivity index (χ0) is 11.9. The maximum atomic E-state index is 10.3. The largest absolute Gasteiger partial charge is 0.507 e. The zero-order valence-corrected chi connectivity index (χ0v) is 10.2. The first kappa shape index (κ1) is 11.0. The second kappa shape index (κ2) is 3.51. The lowest BCUT2D eigenvalue weighted by molar-refractivity contribution is 0.452. The third-order valence-corrected chi connectivity index (χ3v) is 2.84. The summed E-state index contributed by atoms with van der Waals surface area (Å²) in [6.45, 7) is 8.33. The van der Waals surface area contributed by atoms with Crippen molar-refractivity contribution in [1.82, 2.24) is 0 Å². The van der Waals surface area contributed by atoms with Crippen LogP contribution in [0.25, 0.3) is 10.8 Å². The first-order valence-corrected chi connectivity index (χ1v) is 5.46. The average Bonchev–Trinajstić information content (AvgIpc) is 2.22. The number of hydrogen-bond donors (Lipinski definition) is 1. The van der Waals surface area contributed by atoms with Crippen molar-refractivity contribution in [3.8, 4) is 5.75 Å². The molecule has 2 radical (unpaired) electrons. The maximum Gasteiger partial charge on any atom is 0.127 e. The highest BCUT2D eigenvalue weighted by Gasteiger charge is 2.20. The highest BCUT2D eigenvalue weighted by atomic mass is 16.3. The van der Waals surface area contributed by atoms with Gasteiger partial charge in [0, 0.05) is 10.9 Å². The normalized spacial score (nSPS) is 12.0. The van der Waals surface area contributed by atoms with Crippen LogP contribution in [0.1, 0.15) is 31.9 Å². The second-order valence-electron chi connectivity index (χ2n) is 5.21. The van der Waals surface area contributed by atoms with E-state index in [1.54, 1.807) is 6.07 Å². The number of phenols is 1. The molecular weight excluding hydrogens is 196 g/mol. The molecule has 0 atom stereocenters. The molecule has 0 saturated carbocycles. The van der Waals surface area contributed by atoms with Crippen LogP contribution in [0.2, 0.25) is 0 Å². The molecule has 0 spiro atoms. The van der Waals surface area contributed by atoms with Crippen molar-refractivity contribution in [3.05, 3.63) is 41.5 Å². The van der Waals surface area contributed by atoms with Crippen molar-refractivity contribution in [2.24, 2.45) is 0 Å². The van der Waals surface area contributed by atoms with E-state index in [9.17, 15) is 5.11 Å². The predicted octanol–water partition coefficient (Wildman–Crippen LogP) is 3.75. The number of hydrogen-bond acceptors (Lipinski definition) is 1. The van der Waals surface area contributed by atoms with Crippen LogP contribution in [0.4, 0.5) is 0 Å². The van der Waals surface area contributed by atoms with E-state index in [1.807, 2.05) is 19.1 Å². The minimum absolute atomic E-state index is 0.0628. The molecule has 0 aliphatic carbocycles. The molecule has 0 amide bonds. The van der Waals surface area contributed by atoms with Crippen molar-refractivity contribution in [3.63, 3.8) is 0 Å². The summed E-state index contributed by atoms with van der Waals surface area (Å²) in [6, 6.07) is 11.9. The lowest BCUT2D eigenvalue weighted by atomic mass is 9.83. The predicted molar refractivity (Wildman–Crippen MR) is 66.7 cm³/mol. The third-order valence-electron chi connectivity index (χ3n) is 2.84. The number of aryl methyl sites for hydroxylation is 1. The lowest BCUT2D eigenvalue weighted by Gasteiger charge is -2.22. The molecule has 1 nitrogen and oxygen atoms in total. The van der Waals surface area contributed by atoms with Gasteiger partial charge in [-0.1, -0.05) is 39.0 Å². The smallest absolute Gasteiger partial charge is 0.127 e. The molecule has 1 N–H and O–H groups in total. The fourth-order valence-electron chi connectivity index (χ4n) is 1.96. The summed E-state index contributed by atoms with van der Waals surface area (Å²) in [5.74, 6) is 0.338. The Labute approximate surface area is 96.7 Å². The van der Waals surface area contributed by atoms with E-state index in [4.69, 9.17) is 0 Å². The van der Waals surface area contributed by atoms with Crippen LogP contribution >= 0.6 is 0 Å². The van der Waals surface area contributed by atoms with Gasteiger partial charge < -0.3 is 5.11 Å². The molecule has 0 saturated heterocycles. The summed E-state index contributed by atoms with van der Waals surface area (Å²) in [6.07, 6.45) is 0. The molecule has 0 fully saturated rings. The summed E-state index contributed by atoms with van der Waals surface area (Å²) in [7, 11) is 0. The van der Waals surface area contributed by atoms with Crippen LogP contribution in [-0.4, -0.2) is 5.11 Å². The van der Waals surface area contributed by atoms with Gasteiger partial charge in [0.2, 0.25) is 0 Å². The van der Waals surface area contributed by atoms with Gasteiger partial charge in [-0.3, -0.25) is 0 Å². The summed E-state index contributed by atoms with van der Waals surface area (Å²) < 4.78 is 0. The van der Waals surface area contributed by atoms with E-state index in [0.29, 0.717) is 5.75 Å². The van der Waals surface area contributed by atoms with Gasteiger partial charge in [-0.05, 0) is 35.4 Å². The zero-order valence-electron chi connectivity index (χ0n) is 10.2. The molecule has 2 aromatic rings. The minimum Gasteiger partial charge on any atom is -0.507 e. The Balaban J connectivity index is 2.86. The third kappa shape index (κ3) is 1.67. The van der Waals surface area contributed by atoms with Crippen LogP contribution in [0, 0.1) is 19.1 Å². The van der Waals surface area contributed by atoms with Gasteiger partial charge in [0.25, 0.3) is 0 Å². The van der Waals surface area contributed by atoms with Gasteiger partial charge in [-0.15, -0.1) is 0 Å². The Kier molecular flexibility index (Phi) is 2.42. The quantitative estimate of drug-likeness (QED) is 0.705. The minimum atomic E-state index is -0.0628. The fourth-order valence-corrected chi connectivity index (χ4v) is 1.96. The van der Waals surface area contributed by atoms with Gasteiger partial charge in [0.05, 0.1) is 0 Å². The number of aromatic hydroxyl groups is 1. The van der Waals surface area contributed by atoms with Crippen LogP contribution in [0.15, 0.2) is 18.2 Å². The van der Waals surface area contributed by atoms with Gasteiger partial charge in [-0.2, -0.15) is 0 Å². The molecule has 0 unspecified atom stereocenters. The molecule has 0 heterocycles. The highest BCUT2D eigenvalue weighted by molar-refractivity contribution is 5.91. The highest BCUT2D eigenvalue weighted by Crippen LogP contribution is 2.37. The van der Waals surface area contributed by atoms with Crippen molar-refractivity contribution in [1.29, 1.82) is 0 Å². The molecule has 1 heteroatoms. The van der Waals surface area contributed by atoms with E-state index in [0.717, 1.165) is 21.9 Å². The average molecular weight is 212 g/mol. The van der Waals surface area contributed by atoms with Crippen LogP contribution in [-0.2, 0) is 5.41 Å². The van der Waals surface area contributed by atoms with Gasteiger partial charge in [0.15, 0.2) is 0 Å². The van der Waals surface area contributed by atoms with Crippen LogP contribution in [0.5, 0.6) is 5.75 Å². The van der Waals surface area contributed by atoms with E-state index in [-0.39, 0.29) is 5.41 Å². The van der Waals surface area contributed by atoms with Gasteiger partial charge in [0.1, 0.15) is 5.75 Å². The molecule has 0 aromatic heterocycles. The first-order valence-electron chi connectivity index (χ1n) is 5.46. The summed E-state index contributed by atoms with van der Waals surface area (Å²) in [5.41, 5.74) is 2.04. The van der Waals surface area contributed by atoms with Crippen molar-refractivity contribution >= 4 is 10.8 Å². The van der Waals surface area contributed by atoms with E-state index in [1.165, 1.54) is 0 Å². The topological polar surface area (TPSA) is 20.2 Å². The Hall–Kier alpha value is -1.50. The molecule has 82 valence electrons. The van der Waals surface area contributed by atoms with Gasteiger partial charge in [-0.25, -0.2) is 0 Å². The number of phenolic OH excluding ortho intramolecular Hbond substituents is 1. The fraction of sp³-hybridized carbons (Fsp3) is 0.333. The number of fused-ring (bicyclic) bond motifs is 1. The molecular formula is C15H16O. The van der Waals surface area contributed by atoms with E-state index >= 15 is 0 Å². The van der Waals surface area contributed by atoms with E-state index in [2.05, 4.69) is 32.9 Å². The first-order chi connectivity index (χ1) is 7.41. The summed E-state index contributed by atoms with van der Waals surface area (Å²) in [5, 5.41) is 12.0. The number of benzene rings is 2. The Morgan fingerprint density at radius 1 is 1.06 bits per heavy atom.